The summed E-state index contributed by atoms with van der Waals surface area (Å²) in [7, 11) is 1.89. The summed E-state index contributed by atoms with van der Waals surface area (Å²) in [6, 6.07) is 7.69. The van der Waals surface area contributed by atoms with E-state index in [9.17, 15) is 4.79 Å². The molecule has 1 atom stereocenters. The van der Waals surface area contributed by atoms with Crippen molar-refractivity contribution in [3.63, 3.8) is 0 Å². The Balaban J connectivity index is 1.49. The molecule has 1 aliphatic rings. The van der Waals surface area contributed by atoms with Crippen molar-refractivity contribution >= 4 is 17.6 Å². The maximum atomic E-state index is 10.9. The van der Waals surface area contributed by atoms with E-state index in [1.54, 1.807) is 0 Å². The molecule has 8 heteroatoms. The van der Waals surface area contributed by atoms with Crippen molar-refractivity contribution in [3.8, 4) is 11.4 Å². The Morgan fingerprint density at radius 2 is 2.11 bits per heavy atom. The van der Waals surface area contributed by atoms with Gasteiger partial charge in [-0.05, 0) is 63.7 Å². The molecule has 1 unspecified atom stereocenters. The first-order chi connectivity index (χ1) is 13.0. The maximum absolute atomic E-state index is 10.9. The van der Waals surface area contributed by atoms with Crippen molar-refractivity contribution in [2.24, 2.45) is 0 Å². The average molecular weight is 393 g/mol. The second-order valence-electron chi connectivity index (χ2n) is 7.00. The predicted octanol–water partition coefficient (Wildman–Crippen LogP) is 2.80. The van der Waals surface area contributed by atoms with Crippen molar-refractivity contribution in [2.75, 3.05) is 33.2 Å². The summed E-state index contributed by atoms with van der Waals surface area (Å²) < 4.78 is 5.38. The minimum absolute atomic E-state index is 0.0973. The second-order valence-corrected chi connectivity index (χ2v) is 7.44. The Kier molecular flexibility index (Phi) is 6.82. The van der Waals surface area contributed by atoms with Gasteiger partial charge in [0.2, 0.25) is 11.7 Å². The van der Waals surface area contributed by atoms with Crippen LogP contribution in [0.5, 0.6) is 0 Å². The molecule has 2 aromatic rings. The number of benzene rings is 1. The van der Waals surface area contributed by atoms with E-state index in [4.69, 9.17) is 21.2 Å². The number of hydrogen-bond acceptors (Lipinski definition) is 6. The first-order valence-corrected chi connectivity index (χ1v) is 9.62. The van der Waals surface area contributed by atoms with Crippen LogP contribution in [0.25, 0.3) is 11.4 Å². The molecule has 0 radical (unpaired) electrons. The lowest BCUT2D eigenvalue weighted by molar-refractivity contribution is -0.138. The van der Waals surface area contributed by atoms with Crippen molar-refractivity contribution in [2.45, 2.75) is 31.7 Å². The minimum atomic E-state index is -0.772. The van der Waals surface area contributed by atoms with Crippen LogP contribution in [0, 0.1) is 0 Å². The molecule has 2 heterocycles. The van der Waals surface area contributed by atoms with Crippen LogP contribution < -0.4 is 0 Å². The number of likely N-dealkylation sites (tertiary alicyclic amines) is 1. The summed E-state index contributed by atoms with van der Waals surface area (Å²) >= 11 is 5.91. The molecule has 0 spiro atoms. The number of halogens is 1. The lowest BCUT2D eigenvalue weighted by Gasteiger charge is -2.25. The SMILES string of the molecule is CN(CC(=O)O)C1CCCN(CCc2nc(-c3ccc(Cl)cc3)no2)CC1. The first kappa shape index (κ1) is 19.8. The molecular formula is C19H25ClN4O3. The second kappa shape index (κ2) is 9.30. The fourth-order valence-corrected chi connectivity index (χ4v) is 3.60. The van der Waals surface area contributed by atoms with E-state index in [1.165, 1.54) is 0 Å². The highest BCUT2D eigenvalue weighted by Gasteiger charge is 2.22. The van der Waals surface area contributed by atoms with Gasteiger partial charge in [-0.1, -0.05) is 16.8 Å². The van der Waals surface area contributed by atoms with Crippen molar-refractivity contribution < 1.29 is 14.4 Å². The quantitative estimate of drug-likeness (QED) is 0.775. The highest BCUT2D eigenvalue weighted by molar-refractivity contribution is 6.30. The Bertz CT molecular complexity index is 750. The number of rotatable bonds is 7. The Morgan fingerprint density at radius 3 is 2.85 bits per heavy atom. The van der Waals surface area contributed by atoms with Gasteiger partial charge in [0.15, 0.2) is 0 Å². The molecule has 7 nitrogen and oxygen atoms in total. The van der Waals surface area contributed by atoms with Gasteiger partial charge in [-0.25, -0.2) is 0 Å². The molecule has 146 valence electrons. The van der Waals surface area contributed by atoms with Gasteiger partial charge in [0, 0.05) is 29.6 Å². The largest absolute Gasteiger partial charge is 0.480 e. The maximum Gasteiger partial charge on any atom is 0.317 e. The molecule has 0 saturated carbocycles. The number of carboxylic acid groups (broad SMARTS) is 1. The zero-order valence-corrected chi connectivity index (χ0v) is 16.2. The van der Waals surface area contributed by atoms with E-state index in [0.717, 1.165) is 44.5 Å². The van der Waals surface area contributed by atoms with Gasteiger partial charge in [0.05, 0.1) is 6.54 Å². The van der Waals surface area contributed by atoms with Crippen LogP contribution in [0.1, 0.15) is 25.2 Å². The van der Waals surface area contributed by atoms with Crippen molar-refractivity contribution in [1.82, 2.24) is 19.9 Å². The smallest absolute Gasteiger partial charge is 0.317 e. The van der Waals surface area contributed by atoms with Crippen LogP contribution in [-0.2, 0) is 11.2 Å². The first-order valence-electron chi connectivity index (χ1n) is 9.24. The van der Waals surface area contributed by atoms with Gasteiger partial charge in [0.1, 0.15) is 0 Å². The van der Waals surface area contributed by atoms with Crippen LogP contribution in [-0.4, -0.2) is 70.3 Å². The summed E-state index contributed by atoms with van der Waals surface area (Å²) in [6.07, 6.45) is 3.77. The zero-order valence-electron chi connectivity index (χ0n) is 15.5. The number of carbonyl (C=O) groups is 1. The normalized spacial score (nSPS) is 18.6. The molecule has 3 rings (SSSR count). The zero-order chi connectivity index (χ0) is 19.2. The summed E-state index contributed by atoms with van der Waals surface area (Å²) in [5.74, 6) is 0.433. The van der Waals surface area contributed by atoms with Gasteiger partial charge in [0.25, 0.3) is 0 Å². The van der Waals surface area contributed by atoms with Gasteiger partial charge in [-0.2, -0.15) is 4.98 Å². The molecule has 1 N–H and O–H groups in total. The van der Waals surface area contributed by atoms with E-state index in [2.05, 4.69) is 15.0 Å². The number of nitrogens with zero attached hydrogens (tertiary/aromatic N) is 4. The molecule has 27 heavy (non-hydrogen) atoms. The Labute approximate surface area is 163 Å². The van der Waals surface area contributed by atoms with E-state index in [-0.39, 0.29) is 6.54 Å². The molecule has 1 aliphatic heterocycles. The highest BCUT2D eigenvalue weighted by atomic mass is 35.5. The third-order valence-electron chi connectivity index (χ3n) is 5.01. The number of aliphatic carboxylic acids is 1. The van der Waals surface area contributed by atoms with E-state index in [0.29, 0.717) is 29.2 Å². The van der Waals surface area contributed by atoms with Crippen LogP contribution in [0.4, 0.5) is 0 Å². The van der Waals surface area contributed by atoms with Crippen LogP contribution >= 0.6 is 11.6 Å². The molecule has 1 fully saturated rings. The van der Waals surface area contributed by atoms with Gasteiger partial charge >= 0.3 is 5.97 Å². The number of carboxylic acids is 1. The van der Waals surface area contributed by atoms with Crippen LogP contribution in [0.2, 0.25) is 5.02 Å². The fourth-order valence-electron chi connectivity index (χ4n) is 3.47. The molecule has 1 saturated heterocycles. The Morgan fingerprint density at radius 1 is 1.33 bits per heavy atom. The van der Waals surface area contributed by atoms with E-state index < -0.39 is 5.97 Å². The molecule has 1 aromatic heterocycles. The summed E-state index contributed by atoms with van der Waals surface area (Å²) in [5, 5.41) is 13.7. The third kappa shape index (κ3) is 5.76. The standard InChI is InChI=1S/C19H25ClN4O3/c1-23(13-18(25)26)16-3-2-10-24(11-8-16)12-9-17-21-19(22-27-17)14-4-6-15(20)7-5-14/h4-7,16H,2-3,8-13H2,1H3,(H,25,26). The highest BCUT2D eigenvalue weighted by Crippen LogP contribution is 2.19. The van der Waals surface area contributed by atoms with Gasteiger partial charge < -0.3 is 14.5 Å². The van der Waals surface area contributed by atoms with Crippen LogP contribution in [0.15, 0.2) is 28.8 Å². The number of likely N-dealkylation sites (N-methyl/N-ethyl adjacent to an activating group) is 1. The van der Waals surface area contributed by atoms with Gasteiger partial charge in [-0.3, -0.25) is 9.69 Å². The summed E-state index contributed by atoms with van der Waals surface area (Å²) in [5.41, 5.74) is 0.883. The lowest BCUT2D eigenvalue weighted by Crippen LogP contribution is -2.36. The molecule has 0 amide bonds. The van der Waals surface area contributed by atoms with Crippen molar-refractivity contribution in [3.05, 3.63) is 35.2 Å². The minimum Gasteiger partial charge on any atom is -0.480 e. The van der Waals surface area contributed by atoms with Gasteiger partial charge in [-0.15, -0.1) is 0 Å². The molecule has 1 aromatic carbocycles. The van der Waals surface area contributed by atoms with E-state index >= 15 is 0 Å². The van der Waals surface area contributed by atoms with Crippen molar-refractivity contribution in [1.29, 1.82) is 0 Å². The molecule has 0 bridgehead atoms. The molecule has 0 aliphatic carbocycles. The van der Waals surface area contributed by atoms with Crippen LogP contribution in [0.3, 0.4) is 0 Å². The third-order valence-corrected chi connectivity index (χ3v) is 5.26. The predicted molar refractivity (Wildman–Crippen MR) is 103 cm³/mol. The van der Waals surface area contributed by atoms with E-state index in [1.807, 2.05) is 36.2 Å². The topological polar surface area (TPSA) is 82.7 Å². The molecular weight excluding hydrogens is 368 g/mol. The monoisotopic (exact) mass is 392 g/mol. The lowest BCUT2D eigenvalue weighted by atomic mass is 10.1. The average Bonchev–Trinajstić information content (AvgIpc) is 2.97. The number of aromatic nitrogens is 2. The fraction of sp³-hybridized carbons (Fsp3) is 0.526. The summed E-state index contributed by atoms with van der Waals surface area (Å²) in [4.78, 5) is 19.7. The summed E-state index contributed by atoms with van der Waals surface area (Å²) in [6.45, 7) is 2.92. The number of hydrogen-bond donors (Lipinski definition) is 1. The Hall–Kier alpha value is -1.96.